The van der Waals surface area contributed by atoms with Gasteiger partial charge in [-0.05, 0) is 30.9 Å². The van der Waals surface area contributed by atoms with Crippen LogP contribution in [-0.2, 0) is 17.8 Å². The van der Waals surface area contributed by atoms with Gasteiger partial charge in [0.25, 0.3) is 0 Å². The van der Waals surface area contributed by atoms with Gasteiger partial charge in [0, 0.05) is 32.2 Å². The van der Waals surface area contributed by atoms with Crippen molar-refractivity contribution in [1.29, 1.82) is 0 Å². The molecule has 2 N–H and O–H groups in total. The highest BCUT2D eigenvalue weighted by Gasteiger charge is 2.14. The van der Waals surface area contributed by atoms with Gasteiger partial charge in [-0.3, -0.25) is 4.90 Å². The second kappa shape index (κ2) is 12.6. The Hall–Kier alpha value is -0.860. The third kappa shape index (κ3) is 7.95. The molecule has 0 atom stereocenters. The summed E-state index contributed by atoms with van der Waals surface area (Å²) in [4.78, 5) is 7.29. The molecule has 6 heteroatoms. The van der Waals surface area contributed by atoms with Gasteiger partial charge in [-0.25, -0.2) is 4.99 Å². The molecule has 1 aliphatic heterocycles. The van der Waals surface area contributed by atoms with Crippen molar-refractivity contribution in [3.05, 3.63) is 35.4 Å². The summed E-state index contributed by atoms with van der Waals surface area (Å²) in [5.41, 5.74) is 2.64. The molecule has 0 aromatic heterocycles. The predicted octanol–water partition coefficient (Wildman–Crippen LogP) is 3.52. The highest BCUT2D eigenvalue weighted by molar-refractivity contribution is 14.0. The highest BCUT2D eigenvalue weighted by atomic mass is 127. The van der Waals surface area contributed by atoms with Gasteiger partial charge in [-0.15, -0.1) is 24.0 Å². The van der Waals surface area contributed by atoms with E-state index in [0.717, 1.165) is 51.9 Å². The molecule has 1 saturated carbocycles. The Labute approximate surface area is 181 Å². The zero-order valence-corrected chi connectivity index (χ0v) is 18.9. The van der Waals surface area contributed by atoms with E-state index in [1.54, 1.807) is 0 Å². The minimum Gasteiger partial charge on any atom is -0.379 e. The summed E-state index contributed by atoms with van der Waals surface area (Å²) in [6, 6.07) is 9.42. The van der Waals surface area contributed by atoms with Crippen LogP contribution in [0, 0.1) is 0 Å². The summed E-state index contributed by atoms with van der Waals surface area (Å²) >= 11 is 0. The lowest BCUT2D eigenvalue weighted by Gasteiger charge is -2.26. The largest absolute Gasteiger partial charge is 0.379 e. The van der Waals surface area contributed by atoms with E-state index in [0.29, 0.717) is 6.04 Å². The maximum Gasteiger partial charge on any atom is 0.191 e. The molecule has 0 amide bonds. The quantitative estimate of drug-likeness (QED) is 0.367. The zero-order valence-electron chi connectivity index (χ0n) is 16.6. The van der Waals surface area contributed by atoms with Crippen LogP contribution in [0.25, 0.3) is 0 Å². The molecule has 1 aromatic rings. The molecule has 152 valence electrons. The van der Waals surface area contributed by atoms with Crippen LogP contribution in [0.1, 0.15) is 50.2 Å². The van der Waals surface area contributed by atoms with Crippen molar-refractivity contribution in [2.24, 2.45) is 4.99 Å². The van der Waals surface area contributed by atoms with Crippen LogP contribution < -0.4 is 10.6 Å². The average Bonchev–Trinajstić information content (AvgIpc) is 2.68. The summed E-state index contributed by atoms with van der Waals surface area (Å²) in [5, 5.41) is 7.02. The number of hydrogen-bond donors (Lipinski definition) is 2. The van der Waals surface area contributed by atoms with E-state index in [2.05, 4.69) is 46.7 Å². The van der Waals surface area contributed by atoms with Crippen LogP contribution in [-0.4, -0.2) is 49.7 Å². The van der Waals surface area contributed by atoms with E-state index in [-0.39, 0.29) is 24.0 Å². The first-order valence-electron chi connectivity index (χ1n) is 10.3. The molecular weight excluding hydrogens is 451 g/mol. The number of benzene rings is 1. The molecule has 1 aromatic carbocycles. The Balaban J connectivity index is 0.00000261. The maximum absolute atomic E-state index is 5.44. The number of guanidine groups is 1. The molecule has 0 radical (unpaired) electrons. The topological polar surface area (TPSA) is 48.9 Å². The molecule has 5 nitrogen and oxygen atoms in total. The van der Waals surface area contributed by atoms with E-state index >= 15 is 0 Å². The van der Waals surface area contributed by atoms with Gasteiger partial charge < -0.3 is 15.4 Å². The minimum absolute atomic E-state index is 0. The van der Waals surface area contributed by atoms with Gasteiger partial charge in [0.1, 0.15) is 0 Å². The number of aliphatic imine (C=N–C) groups is 1. The number of nitrogens with one attached hydrogen (secondary N) is 2. The fourth-order valence-corrected chi connectivity index (χ4v) is 3.77. The molecule has 2 fully saturated rings. The highest BCUT2D eigenvalue weighted by Crippen LogP contribution is 2.17. The van der Waals surface area contributed by atoms with Gasteiger partial charge in [0.2, 0.25) is 0 Å². The zero-order chi connectivity index (χ0) is 18.0. The van der Waals surface area contributed by atoms with Gasteiger partial charge >= 0.3 is 0 Å². The third-order valence-corrected chi connectivity index (χ3v) is 5.21. The van der Waals surface area contributed by atoms with Crippen molar-refractivity contribution in [1.82, 2.24) is 15.5 Å². The smallest absolute Gasteiger partial charge is 0.191 e. The molecule has 1 aliphatic carbocycles. The number of morpholine rings is 1. The molecule has 3 rings (SSSR count). The molecule has 0 unspecified atom stereocenters. The van der Waals surface area contributed by atoms with E-state index in [4.69, 9.17) is 9.73 Å². The molecule has 0 bridgehead atoms. The van der Waals surface area contributed by atoms with E-state index in [1.165, 1.54) is 43.2 Å². The van der Waals surface area contributed by atoms with Crippen LogP contribution in [0.2, 0.25) is 0 Å². The fourth-order valence-electron chi connectivity index (χ4n) is 3.77. The number of hydrogen-bond acceptors (Lipinski definition) is 3. The number of halogens is 1. The second-order valence-corrected chi connectivity index (χ2v) is 7.38. The first kappa shape index (κ1) is 22.4. The van der Waals surface area contributed by atoms with Gasteiger partial charge in [0.15, 0.2) is 5.96 Å². The first-order valence-corrected chi connectivity index (χ1v) is 10.3. The summed E-state index contributed by atoms with van der Waals surface area (Å²) < 4.78 is 5.44. The summed E-state index contributed by atoms with van der Waals surface area (Å²) in [6.45, 7) is 8.50. The van der Waals surface area contributed by atoms with Crippen LogP contribution in [0.3, 0.4) is 0 Å². The standard InChI is InChI=1S/C21H34N4O.HI/c1-2-22-21(24-20-9-4-3-5-10-20)23-16-18-7-6-8-19(15-18)17-25-11-13-26-14-12-25;/h6-8,15,20H,2-5,9-14,16-17H2,1H3,(H2,22,23,24);1H. The SMILES string of the molecule is CCNC(=NCc1cccc(CN2CCOCC2)c1)NC1CCCCC1.I. The van der Waals surface area contributed by atoms with Crippen LogP contribution in [0.5, 0.6) is 0 Å². The van der Waals surface area contributed by atoms with Gasteiger partial charge in [-0.1, -0.05) is 43.5 Å². The third-order valence-electron chi connectivity index (χ3n) is 5.21. The lowest BCUT2D eigenvalue weighted by molar-refractivity contribution is 0.0342. The van der Waals surface area contributed by atoms with Gasteiger partial charge in [-0.2, -0.15) is 0 Å². The van der Waals surface area contributed by atoms with Crippen molar-refractivity contribution >= 4 is 29.9 Å². The Bertz CT molecular complexity index is 569. The van der Waals surface area contributed by atoms with Crippen LogP contribution >= 0.6 is 24.0 Å². The Morgan fingerprint density at radius 3 is 2.63 bits per heavy atom. The molecule has 1 heterocycles. The molecule has 1 saturated heterocycles. The van der Waals surface area contributed by atoms with Crippen LogP contribution in [0.4, 0.5) is 0 Å². The Kier molecular flexibility index (Phi) is 10.4. The van der Waals surface area contributed by atoms with Crippen molar-refractivity contribution < 1.29 is 4.74 Å². The first-order chi connectivity index (χ1) is 12.8. The predicted molar refractivity (Wildman–Crippen MR) is 123 cm³/mol. The fraction of sp³-hybridized carbons (Fsp3) is 0.667. The maximum atomic E-state index is 5.44. The summed E-state index contributed by atoms with van der Waals surface area (Å²) in [7, 11) is 0. The van der Waals surface area contributed by atoms with Crippen molar-refractivity contribution in [2.75, 3.05) is 32.8 Å². The molecule has 2 aliphatic rings. The van der Waals surface area contributed by atoms with E-state index < -0.39 is 0 Å². The van der Waals surface area contributed by atoms with Crippen LogP contribution in [0.15, 0.2) is 29.3 Å². The normalized spacial score (nSPS) is 19.4. The molecular formula is C21H35IN4O. The number of ether oxygens (including phenoxy) is 1. The summed E-state index contributed by atoms with van der Waals surface area (Å²) in [5.74, 6) is 0.956. The molecule has 27 heavy (non-hydrogen) atoms. The van der Waals surface area contributed by atoms with E-state index in [1.807, 2.05) is 0 Å². The molecule has 0 spiro atoms. The number of rotatable bonds is 6. The summed E-state index contributed by atoms with van der Waals surface area (Å²) in [6.07, 6.45) is 6.57. The van der Waals surface area contributed by atoms with E-state index in [9.17, 15) is 0 Å². The lowest BCUT2D eigenvalue weighted by Crippen LogP contribution is -2.44. The Morgan fingerprint density at radius 2 is 1.89 bits per heavy atom. The second-order valence-electron chi connectivity index (χ2n) is 7.38. The van der Waals surface area contributed by atoms with Crippen molar-refractivity contribution in [3.8, 4) is 0 Å². The van der Waals surface area contributed by atoms with Gasteiger partial charge in [0.05, 0.1) is 19.8 Å². The number of nitrogens with zero attached hydrogens (tertiary/aromatic N) is 2. The van der Waals surface area contributed by atoms with Crippen molar-refractivity contribution in [3.63, 3.8) is 0 Å². The monoisotopic (exact) mass is 486 g/mol. The minimum atomic E-state index is 0. The Morgan fingerprint density at radius 1 is 1.15 bits per heavy atom. The average molecular weight is 486 g/mol. The van der Waals surface area contributed by atoms with Crippen molar-refractivity contribution in [2.45, 2.75) is 58.2 Å². The lowest BCUT2D eigenvalue weighted by atomic mass is 9.96.